The zero-order chi connectivity index (χ0) is 32.0. The van der Waals surface area contributed by atoms with Crippen LogP contribution in [0.3, 0.4) is 0 Å². The first-order valence-corrected chi connectivity index (χ1v) is 15.9. The largest absolute Gasteiger partial charge is 0.490 e. The summed E-state index contributed by atoms with van der Waals surface area (Å²) < 4.78 is 35.7. The van der Waals surface area contributed by atoms with Gasteiger partial charge in [0.25, 0.3) is 0 Å². The van der Waals surface area contributed by atoms with Crippen LogP contribution in [-0.4, -0.2) is 44.7 Å². The molecule has 0 spiro atoms. The van der Waals surface area contributed by atoms with Crippen molar-refractivity contribution in [1.82, 2.24) is 0 Å². The maximum Gasteiger partial charge on any atom is 0.248 e. The number of nitro groups is 1. The number of unbranched alkanes of at least 4 members (excludes halogenated alkanes) is 4. The Labute approximate surface area is 261 Å². The van der Waals surface area contributed by atoms with Gasteiger partial charge >= 0.3 is 0 Å². The Kier molecular flexibility index (Phi) is 13.7. The number of ether oxygens (including phenoxy) is 6. The SMILES string of the molecule is CCCCCOc1cc(C(C#N)(CC)CCCC(CC2Oc3ccccc3O2)[N+](=O)[O-])c(OCCCCC)c(OC)c1OC. The molecule has 1 aliphatic rings. The third-order valence-electron chi connectivity index (χ3n) is 8.17. The van der Waals surface area contributed by atoms with Crippen LogP contribution >= 0.6 is 0 Å². The lowest BCUT2D eigenvalue weighted by atomic mass is 9.74. The molecule has 10 nitrogen and oxygen atoms in total. The fourth-order valence-corrected chi connectivity index (χ4v) is 5.56. The Morgan fingerprint density at radius 3 is 2.07 bits per heavy atom. The number of nitriles is 1. The predicted octanol–water partition coefficient (Wildman–Crippen LogP) is 8.02. The van der Waals surface area contributed by atoms with Gasteiger partial charge in [0.1, 0.15) is 0 Å². The minimum Gasteiger partial charge on any atom is -0.490 e. The molecule has 0 aliphatic carbocycles. The lowest BCUT2D eigenvalue weighted by molar-refractivity contribution is -0.527. The van der Waals surface area contributed by atoms with Crippen LogP contribution in [0.2, 0.25) is 0 Å². The van der Waals surface area contributed by atoms with Crippen molar-refractivity contribution in [3.8, 4) is 40.6 Å². The van der Waals surface area contributed by atoms with Crippen molar-refractivity contribution in [3.63, 3.8) is 0 Å². The van der Waals surface area contributed by atoms with Gasteiger partial charge in [-0.15, -0.1) is 0 Å². The maximum atomic E-state index is 12.1. The number of hydrogen-bond donors (Lipinski definition) is 0. The molecule has 2 aromatic rings. The van der Waals surface area contributed by atoms with E-state index in [0.717, 1.165) is 38.5 Å². The van der Waals surface area contributed by atoms with Gasteiger partial charge in [-0.1, -0.05) is 58.6 Å². The van der Waals surface area contributed by atoms with Crippen molar-refractivity contribution < 1.29 is 33.3 Å². The molecule has 2 unspecified atom stereocenters. The molecule has 0 radical (unpaired) electrons. The van der Waals surface area contributed by atoms with E-state index in [4.69, 9.17) is 28.4 Å². The van der Waals surface area contributed by atoms with E-state index in [9.17, 15) is 15.4 Å². The van der Waals surface area contributed by atoms with Gasteiger partial charge in [0, 0.05) is 16.9 Å². The molecule has 2 aromatic carbocycles. The molecule has 0 bridgehead atoms. The summed E-state index contributed by atoms with van der Waals surface area (Å²) in [5.41, 5.74) is -0.350. The highest BCUT2D eigenvalue weighted by Gasteiger charge is 2.39. The number of rotatable bonds is 21. The van der Waals surface area contributed by atoms with E-state index in [0.29, 0.717) is 72.5 Å². The molecular weight excluding hydrogens is 564 g/mol. The van der Waals surface area contributed by atoms with Crippen molar-refractivity contribution in [2.24, 2.45) is 0 Å². The summed E-state index contributed by atoms with van der Waals surface area (Å²) in [6.45, 7) is 7.15. The van der Waals surface area contributed by atoms with Gasteiger partial charge in [-0.25, -0.2) is 0 Å². The van der Waals surface area contributed by atoms with Crippen LogP contribution in [0.4, 0.5) is 0 Å². The first kappa shape index (κ1) is 34.6. The quantitative estimate of drug-likeness (QED) is 0.0783. The van der Waals surface area contributed by atoms with Crippen molar-refractivity contribution in [3.05, 3.63) is 46.0 Å². The van der Waals surface area contributed by atoms with E-state index in [1.165, 1.54) is 0 Å². The molecule has 0 amide bonds. The first-order valence-electron chi connectivity index (χ1n) is 15.9. The van der Waals surface area contributed by atoms with E-state index < -0.39 is 17.7 Å². The van der Waals surface area contributed by atoms with Gasteiger partial charge in [0.2, 0.25) is 23.8 Å². The third-order valence-corrected chi connectivity index (χ3v) is 8.17. The fraction of sp³-hybridized carbons (Fsp3) is 0.618. The second-order valence-corrected chi connectivity index (χ2v) is 11.2. The lowest BCUT2D eigenvalue weighted by Gasteiger charge is -2.30. The van der Waals surface area contributed by atoms with E-state index in [1.54, 1.807) is 26.4 Å². The summed E-state index contributed by atoms with van der Waals surface area (Å²) >= 11 is 0. The smallest absolute Gasteiger partial charge is 0.248 e. The molecule has 1 heterocycles. The van der Waals surface area contributed by atoms with Gasteiger partial charge in [-0.3, -0.25) is 10.1 Å². The van der Waals surface area contributed by atoms with Crippen LogP contribution in [0.15, 0.2) is 30.3 Å². The molecule has 0 N–H and O–H groups in total. The third kappa shape index (κ3) is 8.61. The molecule has 0 fully saturated rings. The monoisotopic (exact) mass is 612 g/mol. The van der Waals surface area contributed by atoms with Crippen LogP contribution in [0.1, 0.15) is 97.0 Å². The number of hydrogen-bond acceptors (Lipinski definition) is 9. The normalized spacial score (nSPS) is 14.4. The molecule has 0 aromatic heterocycles. The average Bonchev–Trinajstić information content (AvgIpc) is 3.45. The minimum atomic E-state index is -1.00. The van der Waals surface area contributed by atoms with E-state index in [-0.39, 0.29) is 17.8 Å². The fourth-order valence-electron chi connectivity index (χ4n) is 5.56. The molecule has 0 saturated heterocycles. The molecule has 44 heavy (non-hydrogen) atoms. The van der Waals surface area contributed by atoms with Gasteiger partial charge in [-0.2, -0.15) is 5.26 Å². The van der Waals surface area contributed by atoms with E-state index in [1.807, 2.05) is 25.1 Å². The standard InChI is InChI=1S/C34H48N2O8/c1-6-9-13-20-41-29-23-26(31(42-21-14-10-7-2)33(40-5)32(29)39-4)34(8-3,24-35)19-15-16-25(36(37)38)22-30-43-27-17-11-12-18-28(27)44-30/h11-12,17-18,23,25,30H,6-10,13-16,19-22H2,1-5H3. The Balaban J connectivity index is 1.88. The van der Waals surface area contributed by atoms with Crippen LogP contribution < -0.4 is 28.4 Å². The number of para-hydroxylation sites is 2. The van der Waals surface area contributed by atoms with Gasteiger partial charge < -0.3 is 28.4 Å². The van der Waals surface area contributed by atoms with Crippen LogP contribution in [-0.2, 0) is 5.41 Å². The zero-order valence-corrected chi connectivity index (χ0v) is 26.9. The average molecular weight is 613 g/mol. The van der Waals surface area contributed by atoms with E-state index >= 15 is 0 Å². The highest BCUT2D eigenvalue weighted by molar-refractivity contribution is 5.65. The molecule has 3 rings (SSSR count). The number of benzene rings is 2. The first-order chi connectivity index (χ1) is 21.4. The van der Waals surface area contributed by atoms with E-state index in [2.05, 4.69) is 19.9 Å². The van der Waals surface area contributed by atoms with Crippen molar-refractivity contribution >= 4 is 0 Å². The summed E-state index contributed by atoms with van der Waals surface area (Å²) in [5.74, 6) is 2.93. The zero-order valence-electron chi connectivity index (χ0n) is 26.9. The van der Waals surface area contributed by atoms with Crippen LogP contribution in [0.5, 0.6) is 34.5 Å². The topological polar surface area (TPSA) is 122 Å². The minimum absolute atomic E-state index is 0.102. The summed E-state index contributed by atoms with van der Waals surface area (Å²) in [6, 6.07) is 10.7. The van der Waals surface area contributed by atoms with Gasteiger partial charge in [-0.05, 0) is 50.3 Å². The highest BCUT2D eigenvalue weighted by Crippen LogP contribution is 2.52. The second-order valence-electron chi connectivity index (χ2n) is 11.2. The number of nitrogens with zero attached hydrogens (tertiary/aromatic N) is 2. The van der Waals surface area contributed by atoms with Crippen molar-refractivity contribution in [2.45, 2.75) is 109 Å². The second kappa shape index (κ2) is 17.4. The molecule has 10 heteroatoms. The molecule has 1 aliphatic heterocycles. The molecule has 2 atom stereocenters. The Hall–Kier alpha value is -3.87. The summed E-state index contributed by atoms with van der Waals surface area (Å²) in [5, 5.41) is 22.8. The van der Waals surface area contributed by atoms with Crippen LogP contribution in [0.25, 0.3) is 0 Å². The highest BCUT2D eigenvalue weighted by atomic mass is 16.7. The summed E-state index contributed by atoms with van der Waals surface area (Å²) in [7, 11) is 3.11. The Morgan fingerprint density at radius 1 is 0.932 bits per heavy atom. The molecular formula is C34H48N2O8. The van der Waals surface area contributed by atoms with Crippen molar-refractivity contribution in [1.29, 1.82) is 5.26 Å². The summed E-state index contributed by atoms with van der Waals surface area (Å²) in [6.07, 6.45) is 6.78. The van der Waals surface area contributed by atoms with Gasteiger partial charge in [0.15, 0.2) is 23.0 Å². The molecule has 242 valence electrons. The van der Waals surface area contributed by atoms with Crippen LogP contribution in [0, 0.1) is 21.4 Å². The number of fused-ring (bicyclic) bond motifs is 1. The van der Waals surface area contributed by atoms with Gasteiger partial charge in [0.05, 0.1) is 45.3 Å². The molecule has 0 saturated carbocycles. The Morgan fingerprint density at radius 2 is 1.55 bits per heavy atom. The summed E-state index contributed by atoms with van der Waals surface area (Å²) in [4.78, 5) is 11.8. The van der Waals surface area contributed by atoms with Crippen molar-refractivity contribution in [2.75, 3.05) is 27.4 Å². The lowest BCUT2D eigenvalue weighted by Crippen LogP contribution is -2.31. The maximum absolute atomic E-state index is 12.1. The Bertz CT molecular complexity index is 1220. The number of methoxy groups -OCH3 is 2. The predicted molar refractivity (Wildman–Crippen MR) is 168 cm³/mol.